The maximum atomic E-state index is 12.4. The third kappa shape index (κ3) is 2.69. The van der Waals surface area contributed by atoms with E-state index in [0.717, 1.165) is 11.4 Å². The molecule has 1 aliphatic rings. The lowest BCUT2D eigenvalue weighted by Crippen LogP contribution is -2.41. The highest BCUT2D eigenvalue weighted by Crippen LogP contribution is 2.20. The Bertz CT molecular complexity index is 707. The first-order valence-corrected chi connectivity index (χ1v) is 7.08. The Kier molecular flexibility index (Phi) is 3.62. The van der Waals surface area contributed by atoms with Crippen molar-refractivity contribution in [1.82, 2.24) is 20.1 Å². The van der Waals surface area contributed by atoms with Gasteiger partial charge in [-0.25, -0.2) is 0 Å². The Morgan fingerprint density at radius 2 is 2.18 bits per heavy atom. The third-order valence-electron chi connectivity index (χ3n) is 3.69. The molecule has 0 radical (unpaired) electrons. The smallest absolute Gasteiger partial charge is 0.253 e. The van der Waals surface area contributed by atoms with Crippen LogP contribution in [0.5, 0.6) is 0 Å². The minimum Gasteiger partial charge on any atom is -0.340 e. The maximum Gasteiger partial charge on any atom is 0.253 e. The van der Waals surface area contributed by atoms with Crippen molar-refractivity contribution in [3.63, 3.8) is 0 Å². The second-order valence-corrected chi connectivity index (χ2v) is 5.37. The van der Waals surface area contributed by atoms with E-state index >= 15 is 0 Å². The summed E-state index contributed by atoms with van der Waals surface area (Å²) in [6, 6.07) is 2.97. The molecule has 1 aliphatic heterocycles. The molecule has 7 nitrogen and oxygen atoms in total. The Labute approximate surface area is 127 Å². The molecule has 1 N–H and O–H groups in total. The van der Waals surface area contributed by atoms with E-state index in [0.29, 0.717) is 18.5 Å². The van der Waals surface area contributed by atoms with Gasteiger partial charge in [0.1, 0.15) is 6.04 Å². The van der Waals surface area contributed by atoms with E-state index in [1.54, 1.807) is 41.2 Å². The largest absolute Gasteiger partial charge is 0.340 e. The standard InChI is InChI=1S/C15H17N5O2/c1-10-3-4-11(7-16-10)14(21)18-13-5-6-20(15(13)22)12-8-17-19(2)9-12/h3-4,7-9,13H,5-6H2,1-2H3,(H,18,21)/t13-/m1/s1. The number of nitrogens with zero attached hydrogens (tertiary/aromatic N) is 4. The number of aromatic nitrogens is 3. The molecule has 1 fully saturated rings. The minimum atomic E-state index is -0.506. The molecule has 7 heteroatoms. The molecule has 3 rings (SSSR count). The zero-order valence-electron chi connectivity index (χ0n) is 12.5. The van der Waals surface area contributed by atoms with E-state index < -0.39 is 6.04 Å². The van der Waals surface area contributed by atoms with Crippen LogP contribution in [0, 0.1) is 6.92 Å². The number of hydrogen-bond donors (Lipinski definition) is 1. The van der Waals surface area contributed by atoms with Gasteiger partial charge in [-0.2, -0.15) is 5.10 Å². The predicted molar refractivity (Wildman–Crippen MR) is 80.4 cm³/mol. The lowest BCUT2D eigenvalue weighted by molar-refractivity contribution is -0.118. The molecule has 0 aromatic carbocycles. The van der Waals surface area contributed by atoms with Gasteiger partial charge in [0, 0.05) is 31.7 Å². The molecule has 1 atom stereocenters. The predicted octanol–water partition coefficient (Wildman–Crippen LogP) is 0.659. The summed E-state index contributed by atoms with van der Waals surface area (Å²) >= 11 is 0. The zero-order chi connectivity index (χ0) is 15.7. The van der Waals surface area contributed by atoms with Crippen molar-refractivity contribution in [2.75, 3.05) is 11.4 Å². The fourth-order valence-electron chi connectivity index (χ4n) is 2.46. The molecule has 0 unspecified atom stereocenters. The normalized spacial score (nSPS) is 17.8. The fourth-order valence-corrected chi connectivity index (χ4v) is 2.46. The summed E-state index contributed by atoms with van der Waals surface area (Å²) in [7, 11) is 1.80. The van der Waals surface area contributed by atoms with Crippen LogP contribution in [-0.2, 0) is 11.8 Å². The monoisotopic (exact) mass is 299 g/mol. The number of nitrogens with one attached hydrogen (secondary N) is 1. The first-order valence-electron chi connectivity index (χ1n) is 7.08. The van der Waals surface area contributed by atoms with Crippen LogP contribution in [0.1, 0.15) is 22.5 Å². The highest BCUT2D eigenvalue weighted by atomic mass is 16.2. The summed E-state index contributed by atoms with van der Waals surface area (Å²) in [6.07, 6.45) is 5.53. The van der Waals surface area contributed by atoms with Crippen molar-refractivity contribution in [2.45, 2.75) is 19.4 Å². The molecule has 0 spiro atoms. The van der Waals surface area contributed by atoms with Crippen molar-refractivity contribution in [3.8, 4) is 0 Å². The molecular weight excluding hydrogens is 282 g/mol. The molecule has 1 saturated heterocycles. The number of carbonyl (C=O) groups is 2. The van der Waals surface area contributed by atoms with Crippen LogP contribution in [0.4, 0.5) is 5.69 Å². The summed E-state index contributed by atoms with van der Waals surface area (Å²) in [4.78, 5) is 30.3. The first-order chi connectivity index (χ1) is 10.5. The van der Waals surface area contributed by atoms with Gasteiger partial charge in [0.25, 0.3) is 5.91 Å². The Hall–Kier alpha value is -2.70. The number of rotatable bonds is 3. The van der Waals surface area contributed by atoms with Crippen molar-refractivity contribution in [1.29, 1.82) is 0 Å². The number of hydrogen-bond acceptors (Lipinski definition) is 4. The lowest BCUT2D eigenvalue weighted by Gasteiger charge is -2.15. The minimum absolute atomic E-state index is 0.110. The zero-order valence-corrected chi connectivity index (χ0v) is 12.5. The highest BCUT2D eigenvalue weighted by molar-refractivity contribution is 6.03. The number of amides is 2. The summed E-state index contributed by atoms with van der Waals surface area (Å²) in [5.41, 5.74) is 2.05. The van der Waals surface area contributed by atoms with E-state index in [2.05, 4.69) is 15.4 Å². The Morgan fingerprint density at radius 1 is 1.36 bits per heavy atom. The number of carbonyl (C=O) groups excluding carboxylic acids is 2. The van der Waals surface area contributed by atoms with Crippen LogP contribution in [0.2, 0.25) is 0 Å². The molecule has 3 heterocycles. The van der Waals surface area contributed by atoms with Gasteiger partial charge in [-0.15, -0.1) is 0 Å². The quantitative estimate of drug-likeness (QED) is 0.903. The molecule has 22 heavy (non-hydrogen) atoms. The van der Waals surface area contributed by atoms with Crippen LogP contribution >= 0.6 is 0 Å². The van der Waals surface area contributed by atoms with Crippen LogP contribution in [0.3, 0.4) is 0 Å². The van der Waals surface area contributed by atoms with Gasteiger partial charge in [-0.3, -0.25) is 19.3 Å². The highest BCUT2D eigenvalue weighted by Gasteiger charge is 2.34. The maximum absolute atomic E-state index is 12.4. The van der Waals surface area contributed by atoms with E-state index in [1.165, 1.54) is 6.20 Å². The summed E-state index contributed by atoms with van der Waals surface area (Å²) in [5, 5.41) is 6.84. The first kappa shape index (κ1) is 14.2. The molecule has 0 aliphatic carbocycles. The van der Waals surface area contributed by atoms with Gasteiger partial charge in [-0.1, -0.05) is 0 Å². The van der Waals surface area contributed by atoms with Gasteiger partial charge < -0.3 is 10.2 Å². The van der Waals surface area contributed by atoms with Gasteiger partial charge >= 0.3 is 0 Å². The van der Waals surface area contributed by atoms with Crippen molar-refractivity contribution >= 4 is 17.5 Å². The lowest BCUT2D eigenvalue weighted by atomic mass is 10.2. The van der Waals surface area contributed by atoms with Crippen molar-refractivity contribution in [2.24, 2.45) is 7.05 Å². The van der Waals surface area contributed by atoms with E-state index in [1.807, 2.05) is 6.92 Å². The molecule has 2 amide bonds. The molecule has 0 saturated carbocycles. The second-order valence-electron chi connectivity index (χ2n) is 5.37. The number of anilines is 1. The van der Waals surface area contributed by atoms with Crippen LogP contribution in [-0.4, -0.2) is 39.2 Å². The summed E-state index contributed by atoms with van der Waals surface area (Å²) in [5.74, 6) is -0.389. The summed E-state index contributed by atoms with van der Waals surface area (Å²) < 4.78 is 1.65. The Morgan fingerprint density at radius 3 is 2.82 bits per heavy atom. The van der Waals surface area contributed by atoms with E-state index in [4.69, 9.17) is 0 Å². The summed E-state index contributed by atoms with van der Waals surface area (Å²) in [6.45, 7) is 2.43. The van der Waals surface area contributed by atoms with Crippen LogP contribution in [0.25, 0.3) is 0 Å². The second kappa shape index (κ2) is 5.59. The SMILES string of the molecule is Cc1ccc(C(=O)N[C@@H]2CCN(c3cnn(C)c3)C2=O)cn1. The molecular formula is C15H17N5O2. The van der Waals surface area contributed by atoms with Gasteiger partial charge in [0.05, 0.1) is 17.4 Å². The molecule has 2 aromatic heterocycles. The van der Waals surface area contributed by atoms with Gasteiger partial charge in [0.2, 0.25) is 5.91 Å². The Balaban J connectivity index is 1.68. The van der Waals surface area contributed by atoms with E-state index in [-0.39, 0.29) is 11.8 Å². The average Bonchev–Trinajstić information content (AvgIpc) is 3.07. The van der Waals surface area contributed by atoms with Crippen LogP contribution in [0.15, 0.2) is 30.7 Å². The third-order valence-corrected chi connectivity index (χ3v) is 3.69. The van der Waals surface area contributed by atoms with Crippen molar-refractivity contribution < 1.29 is 9.59 Å². The van der Waals surface area contributed by atoms with Crippen LogP contribution < -0.4 is 10.2 Å². The van der Waals surface area contributed by atoms with Gasteiger partial charge in [0.15, 0.2) is 0 Å². The molecule has 114 valence electrons. The number of pyridine rings is 1. The van der Waals surface area contributed by atoms with E-state index in [9.17, 15) is 9.59 Å². The number of aryl methyl sites for hydroxylation is 2. The average molecular weight is 299 g/mol. The topological polar surface area (TPSA) is 80.1 Å². The fraction of sp³-hybridized carbons (Fsp3) is 0.333. The molecule has 2 aromatic rings. The van der Waals surface area contributed by atoms with Crippen molar-refractivity contribution in [3.05, 3.63) is 42.0 Å². The molecule has 0 bridgehead atoms. The van der Waals surface area contributed by atoms with Gasteiger partial charge in [-0.05, 0) is 25.5 Å².